The first-order chi connectivity index (χ1) is 14.8. The van der Waals surface area contributed by atoms with Crippen LogP contribution in [0.5, 0.6) is 0 Å². The van der Waals surface area contributed by atoms with Gasteiger partial charge in [0.1, 0.15) is 0 Å². The summed E-state index contributed by atoms with van der Waals surface area (Å²) in [4.78, 5) is 3.63. The van der Waals surface area contributed by atoms with Gasteiger partial charge in [-0.2, -0.15) is 0 Å². The summed E-state index contributed by atoms with van der Waals surface area (Å²) in [7, 11) is 0. The van der Waals surface area contributed by atoms with E-state index in [0.717, 1.165) is 56.0 Å². The number of ether oxygens (including phenoxy) is 3. The van der Waals surface area contributed by atoms with Gasteiger partial charge >= 0.3 is 0 Å². The van der Waals surface area contributed by atoms with Gasteiger partial charge in [-0.05, 0) is 48.6 Å². The number of fused-ring (bicyclic) bond motifs is 1. The molecule has 5 heteroatoms. The molecular formula is C25H32N2O3. The van der Waals surface area contributed by atoms with Crippen LogP contribution in [0.2, 0.25) is 0 Å². The van der Waals surface area contributed by atoms with Crippen LogP contribution in [-0.2, 0) is 20.8 Å². The number of aromatic amines is 1. The summed E-state index contributed by atoms with van der Waals surface area (Å²) >= 11 is 0. The molecule has 0 bridgehead atoms. The van der Waals surface area contributed by atoms with E-state index in [0.29, 0.717) is 25.9 Å². The number of aromatic nitrogens is 1. The number of rotatable bonds is 10. The topological polar surface area (TPSA) is 55.5 Å². The summed E-state index contributed by atoms with van der Waals surface area (Å²) < 4.78 is 16.9. The third-order valence-corrected chi connectivity index (χ3v) is 5.44. The molecule has 5 nitrogen and oxygen atoms in total. The van der Waals surface area contributed by atoms with E-state index in [9.17, 15) is 0 Å². The molecule has 0 atom stereocenters. The molecular weight excluding hydrogens is 376 g/mol. The quantitative estimate of drug-likeness (QED) is 0.443. The average molecular weight is 409 g/mol. The standard InChI is InChI=1S/C25H32N2O3/c1-2-10-28-13-14-30-18-19-15-21-17-23(20-6-4-3-5-7-20)27-25(21)24(16-19)26-22-8-11-29-12-9-22/h3-7,15-17,22,26-27H,2,8-14,18H2,1H3. The van der Waals surface area contributed by atoms with E-state index in [1.54, 1.807) is 0 Å². The fourth-order valence-corrected chi connectivity index (χ4v) is 3.89. The first-order valence-electron chi connectivity index (χ1n) is 11.0. The van der Waals surface area contributed by atoms with E-state index in [1.807, 2.05) is 6.07 Å². The molecule has 1 aromatic heterocycles. The maximum Gasteiger partial charge on any atom is 0.0719 e. The number of anilines is 1. The summed E-state index contributed by atoms with van der Waals surface area (Å²) in [6, 6.07) is 17.6. The van der Waals surface area contributed by atoms with Crippen LogP contribution < -0.4 is 5.32 Å². The monoisotopic (exact) mass is 408 g/mol. The second-order valence-corrected chi connectivity index (χ2v) is 7.85. The Balaban J connectivity index is 1.55. The molecule has 1 saturated heterocycles. The molecule has 0 amide bonds. The van der Waals surface area contributed by atoms with Crippen LogP contribution in [0.25, 0.3) is 22.2 Å². The van der Waals surface area contributed by atoms with E-state index in [4.69, 9.17) is 14.2 Å². The largest absolute Gasteiger partial charge is 0.381 e. The van der Waals surface area contributed by atoms with Gasteiger partial charge in [0.05, 0.1) is 31.0 Å². The van der Waals surface area contributed by atoms with Gasteiger partial charge in [0.25, 0.3) is 0 Å². The van der Waals surface area contributed by atoms with Crippen LogP contribution in [0.4, 0.5) is 5.69 Å². The lowest BCUT2D eigenvalue weighted by atomic mass is 10.1. The molecule has 1 aliphatic heterocycles. The molecule has 0 radical (unpaired) electrons. The molecule has 2 N–H and O–H groups in total. The number of hydrogen-bond acceptors (Lipinski definition) is 4. The van der Waals surface area contributed by atoms with E-state index < -0.39 is 0 Å². The van der Waals surface area contributed by atoms with Crippen LogP contribution >= 0.6 is 0 Å². The lowest BCUT2D eigenvalue weighted by Gasteiger charge is -2.24. The van der Waals surface area contributed by atoms with Crippen molar-refractivity contribution in [1.29, 1.82) is 0 Å². The Kier molecular flexibility index (Phi) is 7.40. The Labute approximate surface area is 178 Å². The Morgan fingerprint density at radius 2 is 1.80 bits per heavy atom. The highest BCUT2D eigenvalue weighted by molar-refractivity contribution is 5.95. The predicted molar refractivity (Wildman–Crippen MR) is 122 cm³/mol. The minimum absolute atomic E-state index is 0.434. The van der Waals surface area contributed by atoms with E-state index in [1.165, 1.54) is 16.5 Å². The van der Waals surface area contributed by atoms with Crippen LogP contribution in [0.3, 0.4) is 0 Å². The summed E-state index contributed by atoms with van der Waals surface area (Å²) in [5, 5.41) is 4.96. The van der Waals surface area contributed by atoms with Crippen LogP contribution in [0.15, 0.2) is 48.5 Å². The number of H-pyrrole nitrogens is 1. The molecule has 4 rings (SSSR count). The summed E-state index contributed by atoms with van der Waals surface area (Å²) in [6.07, 6.45) is 3.10. The predicted octanol–water partition coefficient (Wildman–Crippen LogP) is 5.37. The smallest absolute Gasteiger partial charge is 0.0719 e. The lowest BCUT2D eigenvalue weighted by Crippen LogP contribution is -2.28. The molecule has 1 aliphatic rings. The molecule has 1 fully saturated rings. The Hall–Kier alpha value is -2.34. The maximum atomic E-state index is 5.87. The SMILES string of the molecule is CCCOCCOCc1cc(NC2CCOCC2)c2[nH]c(-c3ccccc3)cc2c1. The van der Waals surface area contributed by atoms with Crippen molar-refractivity contribution in [3.8, 4) is 11.3 Å². The van der Waals surface area contributed by atoms with Gasteiger partial charge in [-0.1, -0.05) is 37.3 Å². The molecule has 160 valence electrons. The second kappa shape index (κ2) is 10.6. The molecule has 3 aromatic rings. The number of nitrogens with one attached hydrogen (secondary N) is 2. The maximum absolute atomic E-state index is 5.87. The summed E-state index contributed by atoms with van der Waals surface area (Å²) in [5.41, 5.74) is 5.78. The number of hydrogen-bond donors (Lipinski definition) is 2. The minimum atomic E-state index is 0.434. The third-order valence-electron chi connectivity index (χ3n) is 5.44. The fourth-order valence-electron chi connectivity index (χ4n) is 3.89. The number of benzene rings is 2. The normalized spacial score (nSPS) is 15.0. The van der Waals surface area contributed by atoms with Crippen molar-refractivity contribution in [3.05, 3.63) is 54.1 Å². The fraction of sp³-hybridized carbons (Fsp3) is 0.440. The zero-order valence-corrected chi connectivity index (χ0v) is 17.8. The molecule has 30 heavy (non-hydrogen) atoms. The molecule has 2 aromatic carbocycles. The minimum Gasteiger partial charge on any atom is -0.381 e. The first-order valence-corrected chi connectivity index (χ1v) is 11.0. The van der Waals surface area contributed by atoms with Gasteiger partial charge in [0, 0.05) is 36.9 Å². The lowest BCUT2D eigenvalue weighted by molar-refractivity contribution is 0.0409. The molecule has 2 heterocycles. The van der Waals surface area contributed by atoms with E-state index in [-0.39, 0.29) is 0 Å². The van der Waals surface area contributed by atoms with Crippen molar-refractivity contribution in [1.82, 2.24) is 4.98 Å². The highest BCUT2D eigenvalue weighted by Gasteiger charge is 2.16. The van der Waals surface area contributed by atoms with E-state index in [2.05, 4.69) is 59.7 Å². The highest BCUT2D eigenvalue weighted by Crippen LogP contribution is 2.31. The van der Waals surface area contributed by atoms with Gasteiger partial charge in [0.15, 0.2) is 0 Å². The third kappa shape index (κ3) is 5.42. The van der Waals surface area contributed by atoms with Crippen molar-refractivity contribution in [2.75, 3.05) is 38.4 Å². The zero-order chi connectivity index (χ0) is 20.6. The zero-order valence-electron chi connectivity index (χ0n) is 17.8. The van der Waals surface area contributed by atoms with Crippen molar-refractivity contribution in [3.63, 3.8) is 0 Å². The van der Waals surface area contributed by atoms with Crippen LogP contribution in [-0.4, -0.2) is 44.1 Å². The summed E-state index contributed by atoms with van der Waals surface area (Å²) in [6.45, 7) is 6.39. The van der Waals surface area contributed by atoms with E-state index >= 15 is 0 Å². The second-order valence-electron chi connectivity index (χ2n) is 7.85. The molecule has 0 aliphatic carbocycles. The van der Waals surface area contributed by atoms with Gasteiger partial charge in [-0.3, -0.25) is 0 Å². The molecule has 0 saturated carbocycles. The molecule has 0 unspecified atom stereocenters. The van der Waals surface area contributed by atoms with Crippen LogP contribution in [0, 0.1) is 0 Å². The van der Waals surface area contributed by atoms with Crippen molar-refractivity contribution in [2.24, 2.45) is 0 Å². The first kappa shape index (κ1) is 20.9. The Bertz CT molecular complexity index is 917. The van der Waals surface area contributed by atoms with Crippen molar-refractivity contribution < 1.29 is 14.2 Å². The van der Waals surface area contributed by atoms with Crippen molar-refractivity contribution in [2.45, 2.75) is 38.8 Å². The molecule has 0 spiro atoms. The van der Waals surface area contributed by atoms with Gasteiger partial charge < -0.3 is 24.5 Å². The van der Waals surface area contributed by atoms with Gasteiger partial charge in [-0.15, -0.1) is 0 Å². The Morgan fingerprint density at radius 1 is 1.00 bits per heavy atom. The summed E-state index contributed by atoms with van der Waals surface area (Å²) in [5.74, 6) is 0. The van der Waals surface area contributed by atoms with Crippen LogP contribution in [0.1, 0.15) is 31.7 Å². The Morgan fingerprint density at radius 3 is 2.60 bits per heavy atom. The highest BCUT2D eigenvalue weighted by atomic mass is 16.5. The van der Waals surface area contributed by atoms with Crippen molar-refractivity contribution >= 4 is 16.6 Å². The van der Waals surface area contributed by atoms with Gasteiger partial charge in [-0.25, -0.2) is 0 Å². The van der Waals surface area contributed by atoms with Gasteiger partial charge in [0.2, 0.25) is 0 Å². The average Bonchev–Trinajstić information content (AvgIpc) is 3.22.